The second kappa shape index (κ2) is 8.79. The number of aromatic nitrogens is 1. The molecule has 8 heteroatoms. The molecule has 0 bridgehead atoms. The van der Waals surface area contributed by atoms with Crippen LogP contribution in [0.1, 0.15) is 12.0 Å². The number of thioether (sulfide) groups is 1. The van der Waals surface area contributed by atoms with Crippen LogP contribution in [-0.4, -0.2) is 37.1 Å². The van der Waals surface area contributed by atoms with Crippen molar-refractivity contribution in [1.29, 1.82) is 0 Å². The summed E-state index contributed by atoms with van der Waals surface area (Å²) < 4.78 is 11.8. The fourth-order valence-corrected chi connectivity index (χ4v) is 3.82. The molecule has 0 unspecified atom stereocenters. The second-order valence-corrected chi connectivity index (χ2v) is 7.28. The molecule has 0 spiro atoms. The van der Waals surface area contributed by atoms with Crippen LogP contribution in [-0.2, 0) is 6.54 Å². The minimum atomic E-state index is 0.300. The highest BCUT2D eigenvalue weighted by Gasteiger charge is 2.13. The van der Waals surface area contributed by atoms with Crippen molar-refractivity contribution < 1.29 is 9.47 Å². The summed E-state index contributed by atoms with van der Waals surface area (Å²) in [5, 5.41) is 8.63. The summed E-state index contributed by atoms with van der Waals surface area (Å²) in [5.41, 5.74) is 1.13. The summed E-state index contributed by atoms with van der Waals surface area (Å²) in [6.45, 7) is 1.86. The minimum absolute atomic E-state index is 0.300. The van der Waals surface area contributed by atoms with Crippen molar-refractivity contribution in [3.63, 3.8) is 0 Å². The molecule has 1 aliphatic heterocycles. The highest BCUT2D eigenvalue weighted by Crippen LogP contribution is 2.32. The Balaban J connectivity index is 1.36. The van der Waals surface area contributed by atoms with Crippen LogP contribution in [0.3, 0.4) is 0 Å². The summed E-state index contributed by atoms with van der Waals surface area (Å²) in [7, 11) is 1.78. The number of ether oxygens (including phenoxy) is 2. The highest BCUT2D eigenvalue weighted by atomic mass is 32.2. The van der Waals surface area contributed by atoms with Gasteiger partial charge in [-0.3, -0.25) is 4.99 Å². The van der Waals surface area contributed by atoms with E-state index < -0.39 is 0 Å². The third-order valence-electron chi connectivity index (χ3n) is 3.37. The Labute approximate surface area is 149 Å². The average Bonchev–Trinajstić information content (AvgIpc) is 3.28. The number of benzene rings is 1. The maximum Gasteiger partial charge on any atom is 0.231 e. The molecule has 1 aliphatic rings. The van der Waals surface area contributed by atoms with Crippen molar-refractivity contribution in [2.24, 2.45) is 4.99 Å². The van der Waals surface area contributed by atoms with E-state index >= 15 is 0 Å². The van der Waals surface area contributed by atoms with E-state index in [0.29, 0.717) is 13.3 Å². The third-order valence-corrected chi connectivity index (χ3v) is 5.42. The van der Waals surface area contributed by atoms with Gasteiger partial charge in [-0.1, -0.05) is 17.8 Å². The lowest BCUT2D eigenvalue weighted by Crippen LogP contribution is -2.37. The van der Waals surface area contributed by atoms with Gasteiger partial charge in [0.2, 0.25) is 6.79 Å². The molecule has 0 amide bonds. The van der Waals surface area contributed by atoms with Crippen LogP contribution in [0.25, 0.3) is 0 Å². The fourth-order valence-electron chi connectivity index (χ4n) is 2.18. The summed E-state index contributed by atoms with van der Waals surface area (Å²) in [4.78, 5) is 8.50. The predicted octanol–water partition coefficient (Wildman–Crippen LogP) is 2.72. The van der Waals surface area contributed by atoms with Gasteiger partial charge in [-0.15, -0.1) is 11.3 Å². The molecule has 0 aliphatic carbocycles. The molecule has 2 N–H and O–H groups in total. The molecule has 3 rings (SSSR count). The number of thiazole rings is 1. The summed E-state index contributed by atoms with van der Waals surface area (Å²) >= 11 is 3.47. The van der Waals surface area contributed by atoms with Crippen molar-refractivity contribution >= 4 is 29.1 Å². The van der Waals surface area contributed by atoms with E-state index in [-0.39, 0.29) is 0 Å². The molecule has 0 radical (unpaired) electrons. The molecule has 1 aromatic carbocycles. The van der Waals surface area contributed by atoms with Crippen LogP contribution in [0.2, 0.25) is 0 Å². The van der Waals surface area contributed by atoms with Gasteiger partial charge in [-0.05, 0) is 24.1 Å². The average molecular weight is 364 g/mol. The van der Waals surface area contributed by atoms with Gasteiger partial charge in [0.05, 0.1) is 0 Å². The van der Waals surface area contributed by atoms with Crippen molar-refractivity contribution in [2.75, 3.05) is 26.1 Å². The van der Waals surface area contributed by atoms with Crippen LogP contribution in [0, 0.1) is 0 Å². The molecular weight excluding hydrogens is 344 g/mol. The van der Waals surface area contributed by atoms with Crippen molar-refractivity contribution in [3.8, 4) is 11.5 Å². The number of aliphatic imine (C=N–C) groups is 1. The van der Waals surface area contributed by atoms with E-state index in [0.717, 1.165) is 46.1 Å². The number of guanidine groups is 1. The standard InChI is InChI=1S/C16H20N4O2S2/c1-17-15(18-5-2-7-23-16-19-6-8-24-16)20-10-12-3-4-13-14(9-12)22-11-21-13/h3-4,6,8-9H,2,5,7,10-11H2,1H3,(H2,17,18,20). The monoisotopic (exact) mass is 364 g/mol. The Kier molecular flexibility index (Phi) is 6.20. The van der Waals surface area contributed by atoms with Gasteiger partial charge in [-0.25, -0.2) is 4.98 Å². The molecule has 0 atom stereocenters. The molecule has 128 valence electrons. The summed E-state index contributed by atoms with van der Waals surface area (Å²) in [6, 6.07) is 5.96. The SMILES string of the molecule is CN=C(NCCCSc1nccs1)NCc1ccc2c(c1)OCO2. The van der Waals surface area contributed by atoms with Crippen LogP contribution < -0.4 is 20.1 Å². The lowest BCUT2D eigenvalue weighted by Gasteiger charge is -2.12. The number of nitrogens with zero attached hydrogens (tertiary/aromatic N) is 2. The van der Waals surface area contributed by atoms with Crippen LogP contribution in [0.4, 0.5) is 0 Å². The fraction of sp³-hybridized carbons (Fsp3) is 0.375. The molecule has 2 heterocycles. The largest absolute Gasteiger partial charge is 0.454 e. The molecule has 0 saturated heterocycles. The maximum atomic E-state index is 5.39. The molecule has 2 aromatic rings. The van der Waals surface area contributed by atoms with Gasteiger partial charge in [-0.2, -0.15) is 0 Å². The Morgan fingerprint density at radius 1 is 1.33 bits per heavy atom. The first-order valence-electron chi connectivity index (χ1n) is 7.70. The van der Waals surface area contributed by atoms with Gasteiger partial charge in [0.15, 0.2) is 17.5 Å². The van der Waals surface area contributed by atoms with Crippen LogP contribution in [0.15, 0.2) is 39.1 Å². The molecule has 6 nitrogen and oxygen atoms in total. The second-order valence-electron chi connectivity index (χ2n) is 5.04. The van der Waals surface area contributed by atoms with E-state index in [1.165, 1.54) is 0 Å². The number of hydrogen-bond acceptors (Lipinski definition) is 6. The Morgan fingerprint density at radius 2 is 2.25 bits per heavy atom. The zero-order valence-corrected chi connectivity index (χ0v) is 15.1. The van der Waals surface area contributed by atoms with Gasteiger partial charge in [0.1, 0.15) is 4.34 Å². The van der Waals surface area contributed by atoms with Crippen LogP contribution in [0.5, 0.6) is 11.5 Å². The van der Waals surface area contributed by atoms with Crippen LogP contribution >= 0.6 is 23.1 Å². The zero-order chi connectivity index (χ0) is 16.6. The first-order valence-corrected chi connectivity index (χ1v) is 9.57. The van der Waals surface area contributed by atoms with E-state index in [2.05, 4.69) is 20.6 Å². The van der Waals surface area contributed by atoms with Gasteiger partial charge < -0.3 is 20.1 Å². The highest BCUT2D eigenvalue weighted by molar-refractivity contribution is 8.00. The van der Waals surface area contributed by atoms with Crippen molar-refractivity contribution in [2.45, 2.75) is 17.3 Å². The molecule has 24 heavy (non-hydrogen) atoms. The molecule has 0 saturated carbocycles. The summed E-state index contributed by atoms with van der Waals surface area (Å²) in [6.07, 6.45) is 2.89. The molecular formula is C16H20N4O2S2. The van der Waals surface area contributed by atoms with Crippen molar-refractivity contribution in [1.82, 2.24) is 15.6 Å². The topological polar surface area (TPSA) is 67.8 Å². The Bertz CT molecular complexity index is 677. The summed E-state index contributed by atoms with van der Waals surface area (Å²) in [5.74, 6) is 3.45. The smallest absolute Gasteiger partial charge is 0.231 e. The normalized spacial score (nSPS) is 13.1. The number of rotatable bonds is 7. The maximum absolute atomic E-state index is 5.39. The van der Waals surface area contributed by atoms with Gasteiger partial charge in [0.25, 0.3) is 0 Å². The van der Waals surface area contributed by atoms with Gasteiger partial charge in [0, 0.05) is 37.5 Å². The first-order chi connectivity index (χ1) is 11.8. The molecule has 1 aromatic heterocycles. The van der Waals surface area contributed by atoms with E-state index in [1.54, 1.807) is 30.1 Å². The lowest BCUT2D eigenvalue weighted by molar-refractivity contribution is 0.174. The van der Waals surface area contributed by atoms with E-state index in [9.17, 15) is 0 Å². The van der Waals surface area contributed by atoms with Gasteiger partial charge >= 0.3 is 0 Å². The quantitative estimate of drug-likeness (QED) is 0.341. The van der Waals surface area contributed by atoms with E-state index in [1.807, 2.05) is 29.8 Å². The lowest BCUT2D eigenvalue weighted by atomic mass is 10.2. The third kappa shape index (κ3) is 4.78. The minimum Gasteiger partial charge on any atom is -0.454 e. The Morgan fingerprint density at radius 3 is 3.08 bits per heavy atom. The van der Waals surface area contributed by atoms with Crippen molar-refractivity contribution in [3.05, 3.63) is 35.3 Å². The van der Waals surface area contributed by atoms with E-state index in [4.69, 9.17) is 9.47 Å². The number of nitrogens with one attached hydrogen (secondary N) is 2. The Hall–Kier alpha value is -1.93. The molecule has 0 fully saturated rings. The number of hydrogen-bond donors (Lipinski definition) is 2. The zero-order valence-electron chi connectivity index (χ0n) is 13.4. The number of fused-ring (bicyclic) bond motifs is 1. The predicted molar refractivity (Wildman–Crippen MR) is 98.2 cm³/mol. The first kappa shape index (κ1) is 16.9.